The summed E-state index contributed by atoms with van der Waals surface area (Å²) >= 11 is 0. The zero-order chi connectivity index (χ0) is 10.1. The van der Waals surface area contributed by atoms with Crippen molar-refractivity contribution in [2.75, 3.05) is 6.61 Å². The van der Waals surface area contributed by atoms with E-state index in [4.69, 9.17) is 8.54 Å². The van der Waals surface area contributed by atoms with Gasteiger partial charge in [-0.3, -0.25) is 0 Å². The summed E-state index contributed by atoms with van der Waals surface area (Å²) in [5.74, 6) is 0. The van der Waals surface area contributed by atoms with Crippen LogP contribution in [-0.4, -0.2) is 39.9 Å². The molecule has 1 fully saturated rings. The largest absolute Gasteiger partial charge is 0.461 e. The molecule has 0 aromatic carbocycles. The summed E-state index contributed by atoms with van der Waals surface area (Å²) in [6.07, 6.45) is 0. The van der Waals surface area contributed by atoms with E-state index < -0.39 is 24.7 Å². The van der Waals surface area contributed by atoms with E-state index in [-0.39, 0.29) is 8.55 Å². The molecule has 1 saturated heterocycles. The van der Waals surface area contributed by atoms with Gasteiger partial charge in [0.2, 0.25) is 0 Å². The molecular weight excluding hydrogens is 228 g/mol. The zero-order valence-electron chi connectivity index (χ0n) is 9.52. The van der Waals surface area contributed by atoms with Crippen LogP contribution in [0.5, 0.6) is 0 Å². The van der Waals surface area contributed by atoms with Crippen LogP contribution < -0.4 is 0 Å². The fourth-order valence-corrected chi connectivity index (χ4v) is 34.7. The van der Waals surface area contributed by atoms with Crippen LogP contribution >= 0.6 is 0 Å². The van der Waals surface area contributed by atoms with Crippen molar-refractivity contribution in [3.8, 4) is 0 Å². The smallest absolute Gasteiger partial charge is 0.169 e. The highest BCUT2D eigenvalue weighted by atomic mass is 29.6. The van der Waals surface area contributed by atoms with Crippen molar-refractivity contribution in [3.63, 3.8) is 0 Å². The van der Waals surface area contributed by atoms with Gasteiger partial charge in [-0.25, -0.2) is 0 Å². The molecule has 0 saturated carbocycles. The summed E-state index contributed by atoms with van der Waals surface area (Å²) in [4.78, 5) is 0. The summed E-state index contributed by atoms with van der Waals surface area (Å²) in [6, 6.07) is 1.30. The van der Waals surface area contributed by atoms with Crippen molar-refractivity contribution in [1.82, 2.24) is 0 Å². The van der Waals surface area contributed by atoms with Gasteiger partial charge in [0.25, 0.3) is 0 Å². The number of rotatable bonds is 2. The van der Waals surface area contributed by atoms with Crippen LogP contribution in [0.4, 0.5) is 0 Å². The normalized spacial score (nSPS) is 30.7. The molecule has 1 heterocycles. The average Bonchev–Trinajstić information content (AvgIpc) is 1.79. The summed E-state index contributed by atoms with van der Waals surface area (Å²) < 4.78 is 12.2. The van der Waals surface area contributed by atoms with Crippen molar-refractivity contribution in [2.24, 2.45) is 0 Å². The van der Waals surface area contributed by atoms with E-state index in [1.807, 2.05) is 0 Å². The lowest BCUT2D eigenvalue weighted by Gasteiger charge is -2.35. The SMILES string of the molecule is C[Si](C)(C)O[SiH]1CCO[Si](C)(C)[SiH2]1. The van der Waals surface area contributed by atoms with E-state index in [0.29, 0.717) is 0 Å². The third kappa shape index (κ3) is 4.70. The summed E-state index contributed by atoms with van der Waals surface area (Å²) in [6.45, 7) is 12.7. The van der Waals surface area contributed by atoms with Gasteiger partial charge in [0.1, 0.15) is 8.56 Å². The Morgan fingerprint density at radius 1 is 1.38 bits per heavy atom. The predicted octanol–water partition coefficient (Wildman–Crippen LogP) is 0.959. The maximum atomic E-state index is 6.31. The first-order chi connectivity index (χ1) is 5.79. The standard InChI is InChI=1S/C7H22O2Si4/c1-12(2,3)9-11-7-6-8-13(4,5)10-11/h11H,6-7,10H2,1-5H3. The van der Waals surface area contributed by atoms with E-state index in [1.165, 1.54) is 6.04 Å². The van der Waals surface area contributed by atoms with Crippen LogP contribution in [0.3, 0.4) is 0 Å². The van der Waals surface area contributed by atoms with Crippen molar-refractivity contribution in [3.05, 3.63) is 0 Å². The molecule has 1 aliphatic heterocycles. The molecule has 0 aliphatic carbocycles. The molecule has 0 amide bonds. The molecule has 2 nitrogen and oxygen atoms in total. The van der Waals surface area contributed by atoms with Gasteiger partial charge in [-0.1, -0.05) is 0 Å². The van der Waals surface area contributed by atoms with Gasteiger partial charge in [0, 0.05) is 6.61 Å². The highest BCUT2D eigenvalue weighted by molar-refractivity contribution is 7.45. The molecule has 1 unspecified atom stereocenters. The second-order valence-electron chi connectivity index (χ2n) is 5.45. The van der Waals surface area contributed by atoms with Gasteiger partial charge in [0.05, 0.1) is 8.55 Å². The lowest BCUT2D eigenvalue weighted by Crippen LogP contribution is -2.55. The Balaban J connectivity index is 2.44. The third-order valence-corrected chi connectivity index (χ3v) is 30.2. The average molecular weight is 251 g/mol. The Morgan fingerprint density at radius 2 is 2.00 bits per heavy atom. The van der Waals surface area contributed by atoms with Gasteiger partial charge in [-0.05, 0) is 38.8 Å². The number of hydrogen-bond acceptors (Lipinski definition) is 2. The van der Waals surface area contributed by atoms with Gasteiger partial charge in [0.15, 0.2) is 16.2 Å². The lowest BCUT2D eigenvalue weighted by atomic mass is 10.9. The van der Waals surface area contributed by atoms with Crippen LogP contribution in [0.15, 0.2) is 0 Å². The highest BCUT2D eigenvalue weighted by Gasteiger charge is 2.35. The van der Waals surface area contributed by atoms with Gasteiger partial charge in [-0.2, -0.15) is 0 Å². The summed E-state index contributed by atoms with van der Waals surface area (Å²) in [5, 5.41) is 0. The Hall–Kier alpha value is 0.788. The van der Waals surface area contributed by atoms with Crippen LogP contribution in [0.1, 0.15) is 0 Å². The second-order valence-corrected chi connectivity index (χ2v) is 29.4. The Labute approximate surface area is 87.4 Å². The molecular formula is C7H22O2Si4. The van der Waals surface area contributed by atoms with E-state index >= 15 is 0 Å². The zero-order valence-corrected chi connectivity index (χ0v) is 14.1. The molecule has 0 N–H and O–H groups in total. The molecule has 0 radical (unpaired) electrons. The van der Waals surface area contributed by atoms with Crippen LogP contribution in [-0.2, 0) is 8.54 Å². The van der Waals surface area contributed by atoms with Crippen LogP contribution in [0.25, 0.3) is 0 Å². The third-order valence-electron chi connectivity index (χ3n) is 2.17. The fourth-order valence-electron chi connectivity index (χ4n) is 1.78. The van der Waals surface area contributed by atoms with Gasteiger partial charge < -0.3 is 8.54 Å². The maximum absolute atomic E-state index is 6.31. The first-order valence-corrected chi connectivity index (χ1v) is 18.3. The first-order valence-electron chi connectivity index (χ1n) is 5.10. The minimum atomic E-state index is -1.24. The minimum absolute atomic E-state index is 0.0386. The number of hydrogen-bond donors (Lipinski definition) is 0. The molecule has 0 aromatic rings. The van der Waals surface area contributed by atoms with Crippen LogP contribution in [0, 0.1) is 0 Å². The predicted molar refractivity (Wildman–Crippen MR) is 68.4 cm³/mol. The second kappa shape index (κ2) is 4.11. The molecule has 0 bridgehead atoms. The summed E-state index contributed by atoms with van der Waals surface area (Å²) in [5.41, 5.74) is 0. The fraction of sp³-hybridized carbons (Fsp3) is 1.00. The van der Waals surface area contributed by atoms with Gasteiger partial charge in [-0.15, -0.1) is 0 Å². The molecule has 0 spiro atoms. The van der Waals surface area contributed by atoms with Crippen LogP contribution in [0.2, 0.25) is 38.8 Å². The van der Waals surface area contributed by atoms with E-state index in [1.54, 1.807) is 0 Å². The van der Waals surface area contributed by atoms with Crippen molar-refractivity contribution < 1.29 is 8.54 Å². The molecule has 1 atom stereocenters. The molecule has 1 aliphatic rings. The quantitative estimate of drug-likeness (QED) is 0.680. The first kappa shape index (κ1) is 11.9. The lowest BCUT2D eigenvalue weighted by molar-refractivity contribution is 0.334. The van der Waals surface area contributed by atoms with Crippen molar-refractivity contribution in [2.45, 2.75) is 38.8 Å². The van der Waals surface area contributed by atoms with Crippen molar-refractivity contribution in [1.29, 1.82) is 0 Å². The minimum Gasteiger partial charge on any atom is -0.461 e. The van der Waals surface area contributed by atoms with E-state index in [2.05, 4.69) is 32.7 Å². The topological polar surface area (TPSA) is 18.5 Å². The van der Waals surface area contributed by atoms with E-state index in [9.17, 15) is 0 Å². The molecule has 13 heavy (non-hydrogen) atoms. The Bertz CT molecular complexity index is 176. The van der Waals surface area contributed by atoms with Crippen molar-refractivity contribution >= 4 is 33.3 Å². The Kier molecular flexibility index (Phi) is 3.75. The molecule has 6 heteroatoms. The summed E-state index contributed by atoms with van der Waals surface area (Å²) in [7, 11) is -3.10. The molecule has 0 aromatic heterocycles. The monoisotopic (exact) mass is 250 g/mol. The highest BCUT2D eigenvalue weighted by Crippen LogP contribution is 2.16. The Morgan fingerprint density at radius 3 is 2.46 bits per heavy atom. The van der Waals surface area contributed by atoms with Gasteiger partial charge >= 0.3 is 0 Å². The molecule has 78 valence electrons. The van der Waals surface area contributed by atoms with E-state index in [0.717, 1.165) is 6.61 Å². The maximum Gasteiger partial charge on any atom is 0.169 e. The molecule has 1 rings (SSSR count).